The van der Waals surface area contributed by atoms with E-state index in [1.807, 2.05) is 24.3 Å². The minimum atomic E-state index is -1.08. The average molecular weight is 395 g/mol. The molecule has 0 radical (unpaired) electrons. The Bertz CT molecular complexity index is 901. The summed E-state index contributed by atoms with van der Waals surface area (Å²) in [5.41, 5.74) is 1.11. The van der Waals surface area contributed by atoms with Crippen LogP contribution in [-0.2, 0) is 9.59 Å². The summed E-state index contributed by atoms with van der Waals surface area (Å²) in [4.78, 5) is 27.7. The number of carbonyl (C=O) groups excluding carboxylic acids is 2. The van der Waals surface area contributed by atoms with Gasteiger partial charge in [-0.15, -0.1) is 0 Å². The minimum Gasteiger partial charge on any atom is -0.372 e. The van der Waals surface area contributed by atoms with E-state index in [4.69, 9.17) is 0 Å². The van der Waals surface area contributed by atoms with Gasteiger partial charge >= 0.3 is 0 Å². The summed E-state index contributed by atoms with van der Waals surface area (Å²) in [6.45, 7) is 4.39. The monoisotopic (exact) mass is 395 g/mol. The summed E-state index contributed by atoms with van der Waals surface area (Å²) >= 11 is 0. The third kappa shape index (κ3) is 4.26. The second kappa shape index (κ2) is 7.85. The van der Waals surface area contributed by atoms with Crippen LogP contribution in [-0.4, -0.2) is 24.9 Å². The summed E-state index contributed by atoms with van der Waals surface area (Å²) < 4.78 is 13.3. The highest BCUT2D eigenvalue weighted by molar-refractivity contribution is 6.16. The lowest BCUT2D eigenvalue weighted by Gasteiger charge is -2.32. The number of carbonyl (C=O) groups is 2. The van der Waals surface area contributed by atoms with Crippen molar-refractivity contribution in [2.24, 2.45) is 11.3 Å². The molecule has 1 aliphatic heterocycles. The molecule has 152 valence electrons. The van der Waals surface area contributed by atoms with Gasteiger partial charge in [0.2, 0.25) is 11.8 Å². The lowest BCUT2D eigenvalue weighted by Crippen LogP contribution is -2.35. The standard InChI is InChI=1S/C23H26FN3O2/c1-16-9-13-27(14-10-16)20-7-5-18(6-8-20)25-21(28)23(11-12-23)22(29)26-19-4-2-3-17(24)15-19/h2-8,15-16H,9-14H2,1H3,(H,25,28)(H,26,29). The first kappa shape index (κ1) is 19.4. The molecule has 2 N–H and O–H groups in total. The zero-order valence-electron chi connectivity index (χ0n) is 16.6. The number of hydrogen-bond donors (Lipinski definition) is 2. The Morgan fingerprint density at radius 1 is 0.966 bits per heavy atom. The highest BCUT2D eigenvalue weighted by Crippen LogP contribution is 2.47. The molecule has 2 aliphatic rings. The van der Waals surface area contributed by atoms with E-state index >= 15 is 0 Å². The SMILES string of the molecule is CC1CCN(c2ccc(NC(=O)C3(C(=O)Nc4cccc(F)c4)CC3)cc2)CC1. The first-order chi connectivity index (χ1) is 14.0. The Morgan fingerprint density at radius 2 is 1.59 bits per heavy atom. The smallest absolute Gasteiger partial charge is 0.240 e. The highest BCUT2D eigenvalue weighted by atomic mass is 19.1. The number of nitrogens with one attached hydrogen (secondary N) is 2. The number of anilines is 3. The molecule has 2 fully saturated rings. The molecular weight excluding hydrogens is 369 g/mol. The maximum absolute atomic E-state index is 13.3. The first-order valence-corrected chi connectivity index (χ1v) is 10.2. The van der Waals surface area contributed by atoms with Crippen LogP contribution in [0, 0.1) is 17.2 Å². The third-order valence-electron chi connectivity index (χ3n) is 5.98. The van der Waals surface area contributed by atoms with Crippen LogP contribution in [0.1, 0.15) is 32.6 Å². The Kier molecular flexibility index (Phi) is 5.26. The van der Waals surface area contributed by atoms with Gasteiger partial charge in [-0.3, -0.25) is 9.59 Å². The summed E-state index contributed by atoms with van der Waals surface area (Å²) in [6, 6.07) is 13.5. The van der Waals surface area contributed by atoms with E-state index in [1.54, 1.807) is 6.07 Å². The normalized spacial score (nSPS) is 18.2. The van der Waals surface area contributed by atoms with Crippen molar-refractivity contribution >= 4 is 28.9 Å². The molecule has 0 unspecified atom stereocenters. The molecular formula is C23H26FN3O2. The number of halogens is 1. The third-order valence-corrected chi connectivity index (χ3v) is 5.98. The molecule has 0 aromatic heterocycles. The fraction of sp³-hybridized carbons (Fsp3) is 0.391. The molecule has 5 nitrogen and oxygen atoms in total. The van der Waals surface area contributed by atoms with Gasteiger partial charge in [0.05, 0.1) is 0 Å². The zero-order chi connectivity index (χ0) is 20.4. The second-order valence-corrected chi connectivity index (χ2v) is 8.22. The molecule has 1 heterocycles. The van der Waals surface area contributed by atoms with Gasteiger partial charge in [0, 0.05) is 30.2 Å². The van der Waals surface area contributed by atoms with E-state index in [0.29, 0.717) is 24.2 Å². The van der Waals surface area contributed by atoms with Crippen molar-refractivity contribution in [1.82, 2.24) is 0 Å². The van der Waals surface area contributed by atoms with Crippen LogP contribution in [0.3, 0.4) is 0 Å². The number of rotatable bonds is 5. The predicted molar refractivity (Wildman–Crippen MR) is 112 cm³/mol. The number of nitrogens with zero attached hydrogens (tertiary/aromatic N) is 1. The summed E-state index contributed by atoms with van der Waals surface area (Å²) in [7, 11) is 0. The Hall–Kier alpha value is -2.89. The highest BCUT2D eigenvalue weighted by Gasteiger charge is 2.56. The average Bonchev–Trinajstić information content (AvgIpc) is 3.52. The fourth-order valence-electron chi connectivity index (χ4n) is 3.77. The van der Waals surface area contributed by atoms with E-state index in [-0.39, 0.29) is 11.8 Å². The Labute approximate surface area is 170 Å². The molecule has 2 amide bonds. The number of hydrogen-bond acceptors (Lipinski definition) is 3. The van der Waals surface area contributed by atoms with Crippen LogP contribution < -0.4 is 15.5 Å². The predicted octanol–water partition coefficient (Wildman–Crippen LogP) is 4.42. The van der Waals surface area contributed by atoms with E-state index in [2.05, 4.69) is 22.5 Å². The van der Waals surface area contributed by atoms with Crippen molar-refractivity contribution in [2.75, 3.05) is 28.6 Å². The largest absolute Gasteiger partial charge is 0.372 e. The minimum absolute atomic E-state index is 0.314. The van der Waals surface area contributed by atoms with Crippen molar-refractivity contribution in [3.63, 3.8) is 0 Å². The maximum Gasteiger partial charge on any atom is 0.240 e. The van der Waals surface area contributed by atoms with E-state index in [0.717, 1.165) is 24.7 Å². The topological polar surface area (TPSA) is 61.4 Å². The first-order valence-electron chi connectivity index (χ1n) is 10.2. The van der Waals surface area contributed by atoms with E-state index < -0.39 is 11.2 Å². The van der Waals surface area contributed by atoms with Gasteiger partial charge < -0.3 is 15.5 Å². The van der Waals surface area contributed by atoms with Crippen LogP contribution in [0.5, 0.6) is 0 Å². The maximum atomic E-state index is 13.3. The number of benzene rings is 2. The Balaban J connectivity index is 1.37. The van der Waals surface area contributed by atoms with Crippen LogP contribution in [0.15, 0.2) is 48.5 Å². The van der Waals surface area contributed by atoms with Crippen LogP contribution in [0.2, 0.25) is 0 Å². The molecule has 2 aromatic carbocycles. The van der Waals surface area contributed by atoms with Gasteiger partial charge in [0.15, 0.2) is 0 Å². The number of amides is 2. The number of piperidine rings is 1. The fourth-order valence-corrected chi connectivity index (χ4v) is 3.77. The van der Waals surface area contributed by atoms with Crippen LogP contribution in [0.25, 0.3) is 0 Å². The van der Waals surface area contributed by atoms with Gasteiger partial charge in [-0.1, -0.05) is 13.0 Å². The molecule has 6 heteroatoms. The van der Waals surface area contributed by atoms with Crippen molar-refractivity contribution < 1.29 is 14.0 Å². The molecule has 4 rings (SSSR count). The Morgan fingerprint density at radius 3 is 2.17 bits per heavy atom. The molecule has 0 bridgehead atoms. The quantitative estimate of drug-likeness (QED) is 0.737. The molecule has 0 atom stereocenters. The molecule has 29 heavy (non-hydrogen) atoms. The molecule has 0 spiro atoms. The van der Waals surface area contributed by atoms with Crippen molar-refractivity contribution in [3.05, 3.63) is 54.3 Å². The zero-order valence-corrected chi connectivity index (χ0v) is 16.6. The van der Waals surface area contributed by atoms with E-state index in [1.165, 1.54) is 31.0 Å². The van der Waals surface area contributed by atoms with Crippen molar-refractivity contribution in [3.8, 4) is 0 Å². The lowest BCUT2D eigenvalue weighted by molar-refractivity contribution is -0.131. The summed E-state index contributed by atoms with van der Waals surface area (Å²) in [6.07, 6.45) is 3.37. The summed E-state index contributed by atoms with van der Waals surface area (Å²) in [5.74, 6) is -0.357. The molecule has 1 aliphatic carbocycles. The van der Waals surface area contributed by atoms with Gasteiger partial charge in [-0.2, -0.15) is 0 Å². The molecule has 1 saturated carbocycles. The van der Waals surface area contributed by atoms with Crippen molar-refractivity contribution in [1.29, 1.82) is 0 Å². The molecule has 1 saturated heterocycles. The van der Waals surface area contributed by atoms with Crippen LogP contribution in [0.4, 0.5) is 21.5 Å². The molecule has 2 aromatic rings. The van der Waals surface area contributed by atoms with Gasteiger partial charge in [0.25, 0.3) is 0 Å². The van der Waals surface area contributed by atoms with Crippen LogP contribution >= 0.6 is 0 Å². The van der Waals surface area contributed by atoms with Gasteiger partial charge in [-0.05, 0) is 74.1 Å². The van der Waals surface area contributed by atoms with Crippen molar-refractivity contribution in [2.45, 2.75) is 32.6 Å². The summed E-state index contributed by atoms with van der Waals surface area (Å²) in [5, 5.41) is 5.53. The lowest BCUT2D eigenvalue weighted by atomic mass is 9.99. The second-order valence-electron chi connectivity index (χ2n) is 8.22. The van der Waals surface area contributed by atoms with Gasteiger partial charge in [0.1, 0.15) is 11.2 Å². The van der Waals surface area contributed by atoms with E-state index in [9.17, 15) is 14.0 Å². The van der Waals surface area contributed by atoms with Gasteiger partial charge in [-0.25, -0.2) is 4.39 Å².